The van der Waals surface area contributed by atoms with Crippen LogP contribution in [0, 0.1) is 0 Å². The summed E-state index contributed by atoms with van der Waals surface area (Å²) in [4.78, 5) is 0. The van der Waals surface area contributed by atoms with E-state index in [0.29, 0.717) is 17.4 Å². The summed E-state index contributed by atoms with van der Waals surface area (Å²) >= 11 is 0. The third kappa shape index (κ3) is 4.76. The maximum absolute atomic E-state index is 10.6. The van der Waals surface area contributed by atoms with Gasteiger partial charge in [-0.2, -0.15) is 0 Å². The molecule has 1 saturated carbocycles. The lowest BCUT2D eigenvalue weighted by atomic mass is 9.83. The van der Waals surface area contributed by atoms with Gasteiger partial charge in [-0.1, -0.05) is 76.2 Å². The molecule has 1 fully saturated rings. The van der Waals surface area contributed by atoms with E-state index in [0.717, 1.165) is 18.4 Å². The second-order valence-electron chi connectivity index (χ2n) is 7.96. The molecule has 3 heteroatoms. The number of hydrogen-bond donors (Lipinski definition) is 2. The van der Waals surface area contributed by atoms with Gasteiger partial charge in [0.1, 0.15) is 11.5 Å². The average Bonchev–Trinajstić information content (AvgIpc) is 2.52. The summed E-state index contributed by atoms with van der Waals surface area (Å²) in [7, 11) is -1.58. The van der Waals surface area contributed by atoms with Gasteiger partial charge in [0.15, 0.2) is 0 Å². The van der Waals surface area contributed by atoms with Crippen LogP contribution in [0.3, 0.4) is 0 Å². The molecule has 0 amide bonds. The quantitative estimate of drug-likeness (QED) is 0.500. The average molecular weight is 335 g/mol. The predicted octanol–water partition coefficient (Wildman–Crippen LogP) is 5.64. The molecule has 1 aliphatic rings. The van der Waals surface area contributed by atoms with E-state index in [1.165, 1.54) is 56.2 Å². The number of unbranched alkanes of at least 4 members (excludes halogenated alkanes) is 3. The molecule has 23 heavy (non-hydrogen) atoms. The molecule has 0 aliphatic heterocycles. The maximum Gasteiger partial charge on any atom is 0.122 e. The molecule has 130 valence electrons. The molecule has 2 N–H and O–H groups in total. The molecule has 0 unspecified atom stereocenters. The predicted molar refractivity (Wildman–Crippen MR) is 102 cm³/mol. The lowest BCUT2D eigenvalue weighted by molar-refractivity contribution is 0.390. The molecule has 2 rings (SSSR count). The van der Waals surface area contributed by atoms with Gasteiger partial charge in [-0.25, -0.2) is 0 Å². The molecular formula is C20H34O2Si. The van der Waals surface area contributed by atoms with Gasteiger partial charge in [-0.15, -0.1) is 0 Å². The Morgan fingerprint density at radius 3 is 2.13 bits per heavy atom. The minimum atomic E-state index is -1.58. The first-order chi connectivity index (χ1) is 11.0. The highest BCUT2D eigenvalue weighted by Crippen LogP contribution is 2.41. The van der Waals surface area contributed by atoms with Crippen LogP contribution >= 0.6 is 0 Å². The van der Waals surface area contributed by atoms with Crippen LogP contribution in [-0.2, 0) is 0 Å². The Morgan fingerprint density at radius 1 is 0.957 bits per heavy atom. The molecule has 1 aromatic carbocycles. The van der Waals surface area contributed by atoms with E-state index in [-0.39, 0.29) is 0 Å². The van der Waals surface area contributed by atoms with E-state index in [2.05, 4.69) is 20.0 Å². The van der Waals surface area contributed by atoms with Crippen molar-refractivity contribution < 1.29 is 10.2 Å². The number of phenols is 2. The van der Waals surface area contributed by atoms with Crippen LogP contribution in [0.25, 0.3) is 0 Å². The van der Waals surface area contributed by atoms with Crippen molar-refractivity contribution in [3.8, 4) is 11.5 Å². The fourth-order valence-corrected chi connectivity index (χ4v) is 6.44. The van der Waals surface area contributed by atoms with Gasteiger partial charge >= 0.3 is 0 Å². The van der Waals surface area contributed by atoms with Crippen LogP contribution in [0.1, 0.15) is 76.2 Å². The van der Waals surface area contributed by atoms with Crippen molar-refractivity contribution in [2.24, 2.45) is 0 Å². The summed E-state index contributed by atoms with van der Waals surface area (Å²) in [6.45, 7) is 6.95. The Labute approximate surface area is 143 Å². The van der Waals surface area contributed by atoms with Gasteiger partial charge in [0.2, 0.25) is 0 Å². The molecule has 0 heterocycles. The largest absolute Gasteiger partial charge is 0.508 e. The van der Waals surface area contributed by atoms with Crippen molar-refractivity contribution >= 4 is 13.3 Å². The minimum absolute atomic E-state index is 0.334. The van der Waals surface area contributed by atoms with Gasteiger partial charge in [-0.05, 0) is 30.9 Å². The van der Waals surface area contributed by atoms with Crippen molar-refractivity contribution in [3.05, 3.63) is 17.7 Å². The monoisotopic (exact) mass is 334 g/mol. The van der Waals surface area contributed by atoms with E-state index in [1.54, 1.807) is 0 Å². The zero-order valence-electron chi connectivity index (χ0n) is 15.2. The molecular weight excluding hydrogens is 300 g/mol. The summed E-state index contributed by atoms with van der Waals surface area (Å²) in [5.41, 5.74) is 0.809. The zero-order chi connectivity index (χ0) is 16.9. The SMILES string of the molecule is CCCCCC[Si](C)(C)c1cc(O)c(C2CCCCC2)c(O)c1. The van der Waals surface area contributed by atoms with Crippen molar-refractivity contribution in [1.29, 1.82) is 0 Å². The third-order valence-corrected chi connectivity index (χ3v) is 9.04. The fraction of sp³-hybridized carbons (Fsp3) is 0.700. The second-order valence-corrected chi connectivity index (χ2v) is 12.8. The Bertz CT molecular complexity index is 481. The van der Waals surface area contributed by atoms with Crippen LogP contribution in [0.2, 0.25) is 19.1 Å². The summed E-state index contributed by atoms with van der Waals surface area (Å²) in [6, 6.07) is 5.17. The lowest BCUT2D eigenvalue weighted by Crippen LogP contribution is -2.41. The maximum atomic E-state index is 10.6. The summed E-state index contributed by atoms with van der Waals surface area (Å²) in [5, 5.41) is 22.3. The molecule has 0 aromatic heterocycles. The number of benzene rings is 1. The van der Waals surface area contributed by atoms with Crippen LogP contribution < -0.4 is 5.19 Å². The molecule has 0 radical (unpaired) electrons. The van der Waals surface area contributed by atoms with E-state index >= 15 is 0 Å². The van der Waals surface area contributed by atoms with Gasteiger partial charge < -0.3 is 10.2 Å². The highest BCUT2D eigenvalue weighted by Gasteiger charge is 2.28. The van der Waals surface area contributed by atoms with Gasteiger partial charge in [0.25, 0.3) is 0 Å². The molecule has 1 aliphatic carbocycles. The first kappa shape index (κ1) is 18.4. The fourth-order valence-electron chi connectivity index (χ4n) is 3.96. The van der Waals surface area contributed by atoms with E-state index in [1.807, 2.05) is 12.1 Å². The first-order valence-corrected chi connectivity index (χ1v) is 12.7. The van der Waals surface area contributed by atoms with E-state index < -0.39 is 8.07 Å². The molecule has 0 saturated heterocycles. The van der Waals surface area contributed by atoms with Crippen molar-refractivity contribution in [2.75, 3.05) is 0 Å². The van der Waals surface area contributed by atoms with Crippen molar-refractivity contribution in [1.82, 2.24) is 0 Å². The summed E-state index contributed by atoms with van der Waals surface area (Å²) < 4.78 is 0. The van der Waals surface area contributed by atoms with Crippen LogP contribution in [0.5, 0.6) is 11.5 Å². The highest BCUT2D eigenvalue weighted by molar-refractivity contribution is 6.89. The summed E-state index contributed by atoms with van der Waals surface area (Å²) in [5.74, 6) is 1.01. The minimum Gasteiger partial charge on any atom is -0.508 e. The van der Waals surface area contributed by atoms with Crippen molar-refractivity contribution in [2.45, 2.75) is 89.8 Å². The standard InChI is InChI=1S/C20H34O2Si/c1-4-5-6-10-13-23(2,3)17-14-18(21)20(19(22)15-17)16-11-8-7-9-12-16/h14-16,21-22H,4-13H2,1-3H3. The van der Waals surface area contributed by atoms with Crippen LogP contribution in [0.4, 0.5) is 0 Å². The highest BCUT2D eigenvalue weighted by atomic mass is 28.3. The third-order valence-electron chi connectivity index (χ3n) is 5.59. The van der Waals surface area contributed by atoms with Gasteiger partial charge in [0, 0.05) is 5.56 Å². The number of rotatable bonds is 7. The Hall–Kier alpha value is -0.963. The molecule has 1 aromatic rings. The van der Waals surface area contributed by atoms with Gasteiger partial charge in [-0.3, -0.25) is 0 Å². The van der Waals surface area contributed by atoms with E-state index in [9.17, 15) is 10.2 Å². The van der Waals surface area contributed by atoms with Gasteiger partial charge in [0.05, 0.1) is 8.07 Å². The van der Waals surface area contributed by atoms with Crippen molar-refractivity contribution in [3.63, 3.8) is 0 Å². The number of phenolic OH excluding ortho intramolecular Hbond substituents is 2. The molecule has 2 nitrogen and oxygen atoms in total. The molecule has 0 bridgehead atoms. The summed E-state index contributed by atoms with van der Waals surface area (Å²) in [6.07, 6.45) is 11.0. The first-order valence-electron chi connectivity index (χ1n) is 9.52. The smallest absolute Gasteiger partial charge is 0.122 e. The Kier molecular flexibility index (Phi) is 6.57. The number of hydrogen-bond acceptors (Lipinski definition) is 2. The second kappa shape index (κ2) is 8.23. The molecule has 0 spiro atoms. The van der Waals surface area contributed by atoms with Crippen LogP contribution in [-0.4, -0.2) is 18.3 Å². The van der Waals surface area contributed by atoms with Crippen LogP contribution in [0.15, 0.2) is 12.1 Å². The molecule has 0 atom stereocenters. The van der Waals surface area contributed by atoms with E-state index in [4.69, 9.17) is 0 Å². The lowest BCUT2D eigenvalue weighted by Gasteiger charge is -2.27. The zero-order valence-corrected chi connectivity index (χ0v) is 16.2. The Morgan fingerprint density at radius 2 is 1.57 bits per heavy atom. The normalized spacial score (nSPS) is 16.7. The number of aromatic hydroxyl groups is 2. The topological polar surface area (TPSA) is 40.5 Å². The Balaban J connectivity index is 2.14.